The Hall–Kier alpha value is -2.50. The van der Waals surface area contributed by atoms with Crippen molar-refractivity contribution in [1.82, 2.24) is 20.2 Å². The molecule has 3 rings (SSSR count). The smallest absolute Gasteiger partial charge is 0.247 e. The molecule has 0 fully saturated rings. The molecule has 162 valence electrons. The molecule has 3 aromatic rings. The highest BCUT2D eigenvalue weighted by Crippen LogP contribution is 2.33. The van der Waals surface area contributed by atoms with Crippen LogP contribution in [0.5, 0.6) is 0 Å². The van der Waals surface area contributed by atoms with Crippen molar-refractivity contribution in [2.24, 2.45) is 0 Å². The standard InChI is InChI=1S/C24H34N4O2/c1-6-8-10-11-17(5)19-13-20(23-25-18(14-29-23)12-9-7-2)27-28-22(19)24-26-21(15-30-24)16(3)4/h13-17H,6-12H2,1-5H3. The predicted octanol–water partition coefficient (Wildman–Crippen LogP) is 6.94. The van der Waals surface area contributed by atoms with Gasteiger partial charge in [-0.15, -0.1) is 10.2 Å². The average molecular weight is 411 g/mol. The van der Waals surface area contributed by atoms with Gasteiger partial charge in [0.2, 0.25) is 11.8 Å². The summed E-state index contributed by atoms with van der Waals surface area (Å²) in [5.41, 5.74) is 4.35. The summed E-state index contributed by atoms with van der Waals surface area (Å²) in [5.74, 6) is 1.67. The largest absolute Gasteiger partial charge is 0.443 e. The molecule has 0 bridgehead atoms. The third-order valence-corrected chi connectivity index (χ3v) is 5.47. The zero-order valence-electron chi connectivity index (χ0n) is 18.9. The maximum absolute atomic E-state index is 5.77. The molecule has 0 aromatic carbocycles. The Kier molecular flexibility index (Phi) is 7.77. The normalized spacial score (nSPS) is 12.6. The van der Waals surface area contributed by atoms with Crippen molar-refractivity contribution in [2.45, 2.75) is 91.4 Å². The molecule has 3 heterocycles. The monoisotopic (exact) mass is 410 g/mol. The predicted molar refractivity (Wildman–Crippen MR) is 118 cm³/mol. The summed E-state index contributed by atoms with van der Waals surface area (Å²) < 4.78 is 11.5. The van der Waals surface area contributed by atoms with Gasteiger partial charge in [-0.2, -0.15) is 0 Å². The fourth-order valence-corrected chi connectivity index (χ4v) is 3.47. The van der Waals surface area contributed by atoms with E-state index in [1.165, 1.54) is 19.3 Å². The molecular formula is C24H34N4O2. The summed E-state index contributed by atoms with van der Waals surface area (Å²) in [5, 5.41) is 8.92. The second kappa shape index (κ2) is 10.5. The Labute approximate surface area is 179 Å². The summed E-state index contributed by atoms with van der Waals surface area (Å²) in [6, 6.07) is 2.05. The molecule has 0 aliphatic rings. The van der Waals surface area contributed by atoms with E-state index in [1.807, 2.05) is 6.07 Å². The van der Waals surface area contributed by atoms with Gasteiger partial charge in [-0.25, -0.2) is 9.97 Å². The Bertz CT molecular complexity index is 929. The van der Waals surface area contributed by atoms with Gasteiger partial charge in [-0.05, 0) is 42.7 Å². The molecule has 0 spiro atoms. The van der Waals surface area contributed by atoms with Gasteiger partial charge in [0.15, 0.2) is 5.69 Å². The first-order valence-electron chi connectivity index (χ1n) is 11.3. The molecule has 0 saturated carbocycles. The highest BCUT2D eigenvalue weighted by molar-refractivity contribution is 5.59. The Morgan fingerprint density at radius 1 is 0.867 bits per heavy atom. The molecule has 6 nitrogen and oxygen atoms in total. The molecule has 1 atom stereocenters. The van der Waals surface area contributed by atoms with Gasteiger partial charge in [0.25, 0.3) is 0 Å². The van der Waals surface area contributed by atoms with Gasteiger partial charge in [0.05, 0.1) is 11.4 Å². The number of oxazole rings is 2. The van der Waals surface area contributed by atoms with Crippen LogP contribution in [0.15, 0.2) is 27.4 Å². The van der Waals surface area contributed by atoms with Crippen LogP contribution < -0.4 is 0 Å². The number of unbranched alkanes of at least 4 members (excludes halogenated alkanes) is 3. The Morgan fingerprint density at radius 2 is 1.63 bits per heavy atom. The van der Waals surface area contributed by atoms with Crippen LogP contribution in [0.25, 0.3) is 23.2 Å². The summed E-state index contributed by atoms with van der Waals surface area (Å²) in [4.78, 5) is 9.27. The van der Waals surface area contributed by atoms with Crippen LogP contribution in [0, 0.1) is 0 Å². The number of hydrogen-bond acceptors (Lipinski definition) is 6. The van der Waals surface area contributed by atoms with Crippen LogP contribution in [-0.2, 0) is 6.42 Å². The SMILES string of the molecule is CCCCCC(C)c1cc(-c2nc(CCCC)co2)nnc1-c1nc(C(C)C)co1. The lowest BCUT2D eigenvalue weighted by molar-refractivity contribution is 0.556. The number of aryl methyl sites for hydroxylation is 1. The fourth-order valence-electron chi connectivity index (χ4n) is 3.47. The molecule has 1 unspecified atom stereocenters. The highest BCUT2D eigenvalue weighted by Gasteiger charge is 2.21. The van der Waals surface area contributed by atoms with E-state index >= 15 is 0 Å². The molecule has 0 N–H and O–H groups in total. The molecule has 0 radical (unpaired) electrons. The van der Waals surface area contributed by atoms with E-state index < -0.39 is 0 Å². The first kappa shape index (κ1) is 22.2. The topological polar surface area (TPSA) is 77.8 Å². The van der Waals surface area contributed by atoms with Crippen LogP contribution >= 0.6 is 0 Å². The highest BCUT2D eigenvalue weighted by atomic mass is 16.3. The van der Waals surface area contributed by atoms with E-state index in [-0.39, 0.29) is 0 Å². The van der Waals surface area contributed by atoms with Crippen LogP contribution in [0.4, 0.5) is 0 Å². The summed E-state index contributed by atoms with van der Waals surface area (Å²) in [6.07, 6.45) is 11.3. The van der Waals surface area contributed by atoms with Crippen molar-refractivity contribution >= 4 is 0 Å². The van der Waals surface area contributed by atoms with Gasteiger partial charge in [0.1, 0.15) is 18.2 Å². The minimum Gasteiger partial charge on any atom is -0.443 e. The summed E-state index contributed by atoms with van der Waals surface area (Å²) >= 11 is 0. The van der Waals surface area contributed by atoms with Gasteiger partial charge >= 0.3 is 0 Å². The van der Waals surface area contributed by atoms with Crippen molar-refractivity contribution in [3.63, 3.8) is 0 Å². The summed E-state index contributed by atoms with van der Waals surface area (Å²) in [7, 11) is 0. The molecule has 30 heavy (non-hydrogen) atoms. The maximum atomic E-state index is 5.77. The molecule has 0 aliphatic carbocycles. The van der Waals surface area contributed by atoms with E-state index in [0.29, 0.717) is 35.0 Å². The number of rotatable bonds is 11. The van der Waals surface area contributed by atoms with Crippen LogP contribution in [0.1, 0.15) is 102 Å². The summed E-state index contributed by atoms with van der Waals surface area (Å²) in [6.45, 7) is 10.8. The third kappa shape index (κ3) is 5.35. The maximum Gasteiger partial charge on any atom is 0.247 e. The number of nitrogens with zero attached hydrogens (tertiary/aromatic N) is 4. The van der Waals surface area contributed by atoms with Crippen molar-refractivity contribution in [3.05, 3.63) is 35.5 Å². The first-order valence-corrected chi connectivity index (χ1v) is 11.3. The van der Waals surface area contributed by atoms with Crippen molar-refractivity contribution in [2.75, 3.05) is 0 Å². The average Bonchev–Trinajstić information content (AvgIpc) is 3.42. The van der Waals surface area contributed by atoms with Crippen LogP contribution in [-0.4, -0.2) is 20.2 Å². The quantitative estimate of drug-likeness (QED) is 0.319. The second-order valence-electron chi connectivity index (χ2n) is 8.41. The number of aromatic nitrogens is 4. The Morgan fingerprint density at radius 3 is 2.33 bits per heavy atom. The second-order valence-corrected chi connectivity index (χ2v) is 8.41. The first-order chi connectivity index (χ1) is 14.5. The van der Waals surface area contributed by atoms with E-state index in [1.54, 1.807) is 12.5 Å². The lowest BCUT2D eigenvalue weighted by atomic mass is 9.93. The van der Waals surface area contributed by atoms with Gasteiger partial charge in [-0.1, -0.05) is 60.3 Å². The molecule has 3 aromatic heterocycles. The zero-order valence-corrected chi connectivity index (χ0v) is 18.9. The minimum absolute atomic E-state index is 0.300. The lowest BCUT2D eigenvalue weighted by Crippen LogP contribution is -2.03. The molecule has 0 aliphatic heterocycles. The van der Waals surface area contributed by atoms with Gasteiger partial charge < -0.3 is 8.83 Å². The fraction of sp³-hybridized carbons (Fsp3) is 0.583. The lowest BCUT2D eigenvalue weighted by Gasteiger charge is -2.14. The zero-order chi connectivity index (χ0) is 21.5. The van der Waals surface area contributed by atoms with Crippen molar-refractivity contribution < 1.29 is 8.83 Å². The number of hydrogen-bond donors (Lipinski definition) is 0. The van der Waals surface area contributed by atoms with Crippen molar-refractivity contribution in [3.8, 4) is 23.2 Å². The van der Waals surface area contributed by atoms with E-state index in [4.69, 9.17) is 8.83 Å². The minimum atomic E-state index is 0.300. The Balaban J connectivity index is 1.94. The van der Waals surface area contributed by atoms with E-state index in [9.17, 15) is 0 Å². The van der Waals surface area contributed by atoms with Crippen molar-refractivity contribution in [1.29, 1.82) is 0 Å². The van der Waals surface area contributed by atoms with Crippen LogP contribution in [0.3, 0.4) is 0 Å². The van der Waals surface area contributed by atoms with E-state index in [2.05, 4.69) is 54.8 Å². The molecule has 6 heteroatoms. The van der Waals surface area contributed by atoms with Gasteiger partial charge in [0, 0.05) is 0 Å². The van der Waals surface area contributed by atoms with Crippen LogP contribution in [0.2, 0.25) is 0 Å². The van der Waals surface area contributed by atoms with Gasteiger partial charge in [-0.3, -0.25) is 0 Å². The molecule has 0 saturated heterocycles. The molecule has 0 amide bonds. The third-order valence-electron chi connectivity index (χ3n) is 5.47. The van der Waals surface area contributed by atoms with E-state index in [0.717, 1.165) is 42.6 Å². The molecular weight excluding hydrogens is 376 g/mol.